The molecular formula is C25H22ClN3O3S2. The van der Waals surface area contributed by atoms with E-state index in [1.807, 2.05) is 19.9 Å². The quantitative estimate of drug-likeness (QED) is 0.321. The third-order valence-corrected chi connectivity index (χ3v) is 7.94. The van der Waals surface area contributed by atoms with Gasteiger partial charge in [-0.3, -0.25) is 18.9 Å². The van der Waals surface area contributed by atoms with Crippen LogP contribution in [-0.4, -0.2) is 30.6 Å². The summed E-state index contributed by atoms with van der Waals surface area (Å²) in [4.78, 5) is 33.6. The molecule has 3 heterocycles. The summed E-state index contributed by atoms with van der Waals surface area (Å²) >= 11 is 12.9. The van der Waals surface area contributed by atoms with E-state index in [1.165, 1.54) is 16.2 Å². The number of benzene rings is 1. The third-order valence-electron chi connectivity index (χ3n) is 6.18. The summed E-state index contributed by atoms with van der Waals surface area (Å²) in [5.74, 6) is 0.468. The third kappa shape index (κ3) is 4.15. The average molecular weight is 512 g/mol. The number of carbonyl (C=O) groups excluding carboxylic acids is 1. The van der Waals surface area contributed by atoms with Crippen molar-refractivity contribution < 1.29 is 9.53 Å². The monoisotopic (exact) mass is 511 g/mol. The second kappa shape index (κ2) is 9.17. The normalized spacial score (nSPS) is 18.0. The zero-order valence-electron chi connectivity index (χ0n) is 18.7. The highest BCUT2D eigenvalue weighted by atomic mass is 35.5. The van der Waals surface area contributed by atoms with Crippen molar-refractivity contribution in [2.45, 2.75) is 45.6 Å². The Bertz CT molecular complexity index is 1430. The Kier molecular flexibility index (Phi) is 6.22. The summed E-state index contributed by atoms with van der Waals surface area (Å²) in [5, 5.41) is 0.616. The van der Waals surface area contributed by atoms with E-state index in [-0.39, 0.29) is 29.0 Å². The van der Waals surface area contributed by atoms with Crippen LogP contribution in [0.5, 0.6) is 11.6 Å². The Morgan fingerprint density at radius 1 is 1.18 bits per heavy atom. The number of fused-ring (bicyclic) bond motifs is 1. The largest absolute Gasteiger partial charge is 0.438 e. The fourth-order valence-electron chi connectivity index (χ4n) is 4.37. The number of aryl methyl sites for hydroxylation is 2. The van der Waals surface area contributed by atoms with Crippen LogP contribution in [0.3, 0.4) is 0 Å². The number of halogens is 1. The zero-order valence-corrected chi connectivity index (χ0v) is 21.1. The molecule has 0 unspecified atom stereocenters. The van der Waals surface area contributed by atoms with Crippen molar-refractivity contribution in [1.82, 2.24) is 14.3 Å². The molecule has 0 spiro atoms. The van der Waals surface area contributed by atoms with Crippen LogP contribution in [0.2, 0.25) is 5.02 Å². The van der Waals surface area contributed by atoms with Gasteiger partial charge < -0.3 is 4.74 Å². The molecule has 0 bridgehead atoms. The first-order chi connectivity index (χ1) is 16.3. The van der Waals surface area contributed by atoms with Crippen LogP contribution < -0.4 is 10.3 Å². The molecule has 1 aromatic carbocycles. The minimum Gasteiger partial charge on any atom is -0.438 e. The van der Waals surface area contributed by atoms with E-state index >= 15 is 0 Å². The SMILES string of the molecule is Cc1cc(Oc2nc3c(C)cccn3c(=O)c2/C=C2/SC(=S)N(C3CCCC3)C2=O)ccc1Cl. The number of hydrogen-bond donors (Lipinski definition) is 0. The van der Waals surface area contributed by atoms with Crippen molar-refractivity contribution >= 4 is 57.5 Å². The van der Waals surface area contributed by atoms with E-state index in [0.717, 1.165) is 36.8 Å². The standard InChI is InChI=1S/C25H22ClN3O3S2/c1-14-6-5-11-28-21(14)27-22(32-17-9-10-19(26)15(2)12-17)18(23(28)30)13-20-24(31)29(25(33)34-20)16-7-3-4-8-16/h5-6,9-13,16H,3-4,7-8H2,1-2H3/b20-13+. The van der Waals surface area contributed by atoms with E-state index < -0.39 is 0 Å². The predicted octanol–water partition coefficient (Wildman–Crippen LogP) is 5.90. The van der Waals surface area contributed by atoms with Crippen molar-refractivity contribution in [3.8, 4) is 11.6 Å². The Morgan fingerprint density at radius 3 is 2.68 bits per heavy atom. The molecule has 1 aliphatic carbocycles. The lowest BCUT2D eigenvalue weighted by molar-refractivity contribution is -0.123. The summed E-state index contributed by atoms with van der Waals surface area (Å²) in [6.07, 6.45) is 7.31. The summed E-state index contributed by atoms with van der Waals surface area (Å²) < 4.78 is 8.10. The van der Waals surface area contributed by atoms with Crippen LogP contribution in [0.1, 0.15) is 42.4 Å². The number of aromatic nitrogens is 2. The molecule has 2 aromatic heterocycles. The van der Waals surface area contributed by atoms with Crippen LogP contribution in [-0.2, 0) is 4.79 Å². The Hall–Kier alpha value is -2.68. The molecule has 34 heavy (non-hydrogen) atoms. The summed E-state index contributed by atoms with van der Waals surface area (Å²) in [5.41, 5.74) is 2.04. The van der Waals surface area contributed by atoms with Crippen LogP contribution in [0.25, 0.3) is 11.7 Å². The number of hydrogen-bond acceptors (Lipinski definition) is 6. The van der Waals surface area contributed by atoms with E-state index in [4.69, 9.17) is 28.6 Å². The van der Waals surface area contributed by atoms with Crippen molar-refractivity contribution in [1.29, 1.82) is 0 Å². The fourth-order valence-corrected chi connectivity index (χ4v) is 5.87. The lowest BCUT2D eigenvalue weighted by Crippen LogP contribution is -2.36. The van der Waals surface area contributed by atoms with Gasteiger partial charge >= 0.3 is 0 Å². The molecule has 174 valence electrons. The highest BCUT2D eigenvalue weighted by Gasteiger charge is 2.38. The second-order valence-corrected chi connectivity index (χ2v) is 10.6. The maximum Gasteiger partial charge on any atom is 0.269 e. The van der Waals surface area contributed by atoms with Crippen LogP contribution in [0, 0.1) is 13.8 Å². The first-order valence-corrected chi connectivity index (χ1v) is 12.7. The van der Waals surface area contributed by atoms with Crippen molar-refractivity contribution in [2.24, 2.45) is 0 Å². The minimum atomic E-state index is -0.319. The number of rotatable bonds is 4. The topological polar surface area (TPSA) is 63.9 Å². The number of ether oxygens (including phenoxy) is 1. The number of thioether (sulfide) groups is 1. The van der Waals surface area contributed by atoms with Gasteiger partial charge in [-0.25, -0.2) is 0 Å². The van der Waals surface area contributed by atoms with Crippen molar-refractivity contribution in [3.05, 3.63) is 73.5 Å². The molecule has 0 atom stereocenters. The van der Waals surface area contributed by atoms with Crippen molar-refractivity contribution in [2.75, 3.05) is 0 Å². The lowest BCUT2D eigenvalue weighted by atomic mass is 10.2. The van der Waals surface area contributed by atoms with Crippen LogP contribution in [0.4, 0.5) is 0 Å². The summed E-state index contributed by atoms with van der Waals surface area (Å²) in [6.45, 7) is 3.75. The first kappa shape index (κ1) is 23.1. The molecule has 6 nitrogen and oxygen atoms in total. The van der Waals surface area contributed by atoms with Crippen LogP contribution >= 0.6 is 35.6 Å². The first-order valence-electron chi connectivity index (χ1n) is 11.1. The summed E-state index contributed by atoms with van der Waals surface area (Å²) in [6, 6.07) is 9.04. The highest BCUT2D eigenvalue weighted by Crippen LogP contribution is 2.38. The minimum absolute atomic E-state index is 0.129. The predicted molar refractivity (Wildman–Crippen MR) is 140 cm³/mol. The molecule has 2 fully saturated rings. The Morgan fingerprint density at radius 2 is 1.94 bits per heavy atom. The molecule has 3 aromatic rings. The molecule has 2 aliphatic rings. The number of pyridine rings is 1. The van der Waals surface area contributed by atoms with Gasteiger partial charge in [0.05, 0.1) is 4.91 Å². The fraction of sp³-hybridized carbons (Fsp3) is 0.280. The number of carbonyl (C=O) groups is 1. The summed E-state index contributed by atoms with van der Waals surface area (Å²) in [7, 11) is 0. The molecule has 9 heteroatoms. The van der Waals surface area contributed by atoms with E-state index in [9.17, 15) is 9.59 Å². The Labute approximate surface area is 211 Å². The van der Waals surface area contributed by atoms with Gasteiger partial charge in [0.25, 0.3) is 11.5 Å². The maximum absolute atomic E-state index is 13.5. The number of thiocarbonyl (C=S) groups is 1. The average Bonchev–Trinajstić information content (AvgIpc) is 3.42. The van der Waals surface area contributed by atoms with E-state index in [2.05, 4.69) is 4.98 Å². The second-order valence-electron chi connectivity index (χ2n) is 8.52. The molecule has 1 aliphatic heterocycles. The van der Waals surface area contributed by atoms with Gasteiger partial charge in [-0.15, -0.1) is 0 Å². The van der Waals surface area contributed by atoms with E-state index in [1.54, 1.807) is 41.4 Å². The van der Waals surface area contributed by atoms with Gasteiger partial charge in [-0.05, 0) is 68.2 Å². The maximum atomic E-state index is 13.5. The molecule has 1 saturated carbocycles. The molecule has 1 amide bonds. The molecule has 1 saturated heterocycles. The highest BCUT2D eigenvalue weighted by molar-refractivity contribution is 8.26. The van der Waals surface area contributed by atoms with Gasteiger partial charge in [0.2, 0.25) is 5.88 Å². The Balaban J connectivity index is 1.63. The zero-order chi connectivity index (χ0) is 24.0. The van der Waals surface area contributed by atoms with Crippen molar-refractivity contribution in [3.63, 3.8) is 0 Å². The van der Waals surface area contributed by atoms with Gasteiger partial charge in [-0.1, -0.05) is 54.5 Å². The molecule has 0 radical (unpaired) electrons. The smallest absolute Gasteiger partial charge is 0.269 e. The molecular weight excluding hydrogens is 490 g/mol. The van der Waals surface area contributed by atoms with Gasteiger partial charge in [-0.2, -0.15) is 4.98 Å². The molecule has 5 rings (SSSR count). The van der Waals surface area contributed by atoms with E-state index in [0.29, 0.717) is 25.6 Å². The number of amides is 1. The van der Waals surface area contributed by atoms with Gasteiger partial charge in [0, 0.05) is 17.3 Å². The molecule has 0 N–H and O–H groups in total. The van der Waals surface area contributed by atoms with Crippen LogP contribution in [0.15, 0.2) is 46.2 Å². The number of nitrogens with zero attached hydrogens (tertiary/aromatic N) is 3. The van der Waals surface area contributed by atoms with Gasteiger partial charge in [0.15, 0.2) is 0 Å². The lowest BCUT2D eigenvalue weighted by Gasteiger charge is -2.21. The van der Waals surface area contributed by atoms with Gasteiger partial charge in [0.1, 0.15) is 21.3 Å².